The van der Waals surface area contributed by atoms with E-state index in [4.69, 9.17) is 0 Å². The lowest BCUT2D eigenvalue weighted by molar-refractivity contribution is 0.997. The molecule has 41 heavy (non-hydrogen) atoms. The van der Waals surface area contributed by atoms with Gasteiger partial charge in [-0.25, -0.2) is 0 Å². The topological polar surface area (TPSA) is 12.9 Å². The molecule has 2 aliphatic rings. The van der Waals surface area contributed by atoms with E-state index >= 15 is 0 Å². The Morgan fingerprint density at radius 3 is 1.90 bits per heavy atom. The average molecular weight is 554 g/mol. The highest BCUT2D eigenvalue weighted by molar-refractivity contribution is 5.59. The zero-order valence-electron chi connectivity index (χ0n) is 27.8. The first kappa shape index (κ1) is 41.8. The average Bonchev–Trinajstić information content (AvgIpc) is 3.49. The molecule has 1 aromatic carbocycles. The zero-order chi connectivity index (χ0) is 31.9. The Balaban J connectivity index is -0.000000451. The molecule has 0 spiro atoms. The van der Waals surface area contributed by atoms with Gasteiger partial charge in [-0.05, 0) is 93.3 Å². The molecule has 4 rings (SSSR count). The van der Waals surface area contributed by atoms with Crippen molar-refractivity contribution in [1.82, 2.24) is 4.98 Å². The third kappa shape index (κ3) is 22.8. The highest BCUT2D eigenvalue weighted by atomic mass is 14.7. The normalized spacial score (nSPS) is 11.3. The van der Waals surface area contributed by atoms with E-state index < -0.39 is 0 Å². The predicted molar refractivity (Wildman–Crippen MR) is 192 cm³/mol. The summed E-state index contributed by atoms with van der Waals surface area (Å²) in [6.07, 6.45) is 24.4. The maximum absolute atomic E-state index is 4.35. The Morgan fingerprint density at radius 1 is 0.829 bits per heavy atom. The number of benzene rings is 1. The van der Waals surface area contributed by atoms with Crippen molar-refractivity contribution in [2.75, 3.05) is 0 Å². The van der Waals surface area contributed by atoms with Gasteiger partial charge in [-0.1, -0.05) is 139 Å². The number of pyridine rings is 1. The van der Waals surface area contributed by atoms with Crippen LogP contribution in [0.1, 0.15) is 89.4 Å². The van der Waals surface area contributed by atoms with Gasteiger partial charge >= 0.3 is 0 Å². The van der Waals surface area contributed by atoms with Gasteiger partial charge in [0.2, 0.25) is 0 Å². The van der Waals surface area contributed by atoms with Crippen LogP contribution in [0.25, 0.3) is 6.08 Å². The van der Waals surface area contributed by atoms with Crippen LogP contribution in [0.2, 0.25) is 0 Å². The van der Waals surface area contributed by atoms with Gasteiger partial charge in [0.25, 0.3) is 0 Å². The third-order valence-corrected chi connectivity index (χ3v) is 5.22. The van der Waals surface area contributed by atoms with Crippen LogP contribution in [-0.2, 0) is 12.8 Å². The van der Waals surface area contributed by atoms with Crippen LogP contribution in [0.15, 0.2) is 129 Å². The number of fused-ring (bicyclic) bond motifs is 1. The van der Waals surface area contributed by atoms with Crippen molar-refractivity contribution in [3.8, 4) is 0 Å². The molecule has 224 valence electrons. The summed E-state index contributed by atoms with van der Waals surface area (Å²) >= 11 is 0. The molecule has 0 saturated heterocycles. The summed E-state index contributed by atoms with van der Waals surface area (Å²) in [7, 11) is 0. The molecule has 0 atom stereocenters. The second kappa shape index (κ2) is 30.8. The van der Waals surface area contributed by atoms with Crippen LogP contribution in [0.5, 0.6) is 0 Å². The second-order valence-corrected chi connectivity index (χ2v) is 8.53. The molecule has 2 aliphatic carbocycles. The monoisotopic (exact) mass is 553 g/mol. The lowest BCUT2D eigenvalue weighted by Crippen LogP contribution is -1.90. The molecule has 0 aliphatic heterocycles. The molecule has 1 heterocycles. The third-order valence-electron chi connectivity index (χ3n) is 5.22. The summed E-state index contributed by atoms with van der Waals surface area (Å²) in [4.78, 5) is 4.35. The van der Waals surface area contributed by atoms with Crippen LogP contribution in [0.3, 0.4) is 0 Å². The van der Waals surface area contributed by atoms with E-state index in [0.29, 0.717) is 0 Å². The summed E-state index contributed by atoms with van der Waals surface area (Å²) in [5.74, 6) is 0. The lowest BCUT2D eigenvalue weighted by Gasteiger charge is -2.07. The molecule has 1 heteroatoms. The van der Waals surface area contributed by atoms with Gasteiger partial charge in [0.1, 0.15) is 0 Å². The minimum Gasteiger partial charge on any atom is -0.258 e. The molecule has 0 N–H and O–H groups in total. The van der Waals surface area contributed by atoms with Gasteiger partial charge in [0, 0.05) is 11.4 Å². The van der Waals surface area contributed by atoms with Gasteiger partial charge < -0.3 is 0 Å². The van der Waals surface area contributed by atoms with Crippen LogP contribution in [0.4, 0.5) is 0 Å². The first-order valence-corrected chi connectivity index (χ1v) is 15.0. The second-order valence-electron chi connectivity index (χ2n) is 8.53. The minimum absolute atomic E-state index is 1.03. The fourth-order valence-electron chi connectivity index (χ4n) is 3.49. The number of allylic oxidation sites excluding steroid dienone is 11. The summed E-state index contributed by atoms with van der Waals surface area (Å²) in [6.45, 7) is 32.0. The lowest BCUT2D eigenvalue weighted by atomic mass is 9.99. The van der Waals surface area contributed by atoms with Crippen molar-refractivity contribution in [1.29, 1.82) is 0 Å². The largest absolute Gasteiger partial charge is 0.258 e. The van der Waals surface area contributed by atoms with Crippen molar-refractivity contribution < 1.29 is 0 Å². The Hall–Kier alpha value is -3.71. The summed E-state index contributed by atoms with van der Waals surface area (Å²) in [5.41, 5.74) is 9.19. The maximum Gasteiger partial charge on any atom is 0.0406 e. The molecule has 2 aromatic rings. The Morgan fingerprint density at radius 2 is 1.41 bits per heavy atom. The first-order valence-electron chi connectivity index (χ1n) is 15.0. The van der Waals surface area contributed by atoms with E-state index in [1.165, 1.54) is 46.4 Å². The van der Waals surface area contributed by atoms with E-state index in [0.717, 1.165) is 18.5 Å². The smallest absolute Gasteiger partial charge is 0.0406 e. The molecule has 0 radical (unpaired) electrons. The van der Waals surface area contributed by atoms with Crippen molar-refractivity contribution in [3.05, 3.63) is 157 Å². The Kier molecular flexibility index (Phi) is 31.4. The summed E-state index contributed by atoms with van der Waals surface area (Å²) in [6, 6.07) is 12.7. The van der Waals surface area contributed by atoms with Crippen LogP contribution >= 0.6 is 0 Å². The summed E-state index contributed by atoms with van der Waals surface area (Å²) < 4.78 is 0. The zero-order valence-corrected chi connectivity index (χ0v) is 27.8. The van der Waals surface area contributed by atoms with Crippen LogP contribution in [0, 0.1) is 13.8 Å². The molecule has 0 saturated carbocycles. The predicted octanol–water partition coefficient (Wildman–Crippen LogP) is 12.5. The fourth-order valence-corrected chi connectivity index (χ4v) is 3.49. The molecule has 0 bridgehead atoms. The van der Waals surface area contributed by atoms with Crippen molar-refractivity contribution in [2.45, 2.75) is 88.0 Å². The molecule has 0 fully saturated rings. The minimum atomic E-state index is 1.03. The van der Waals surface area contributed by atoms with Gasteiger partial charge in [-0.3, -0.25) is 4.98 Å². The molecule has 1 aromatic heterocycles. The Labute approximate surface area is 255 Å². The number of hydrogen-bond acceptors (Lipinski definition) is 1. The molecular weight excluding hydrogens is 494 g/mol. The van der Waals surface area contributed by atoms with Crippen LogP contribution < -0.4 is 0 Å². The van der Waals surface area contributed by atoms with Crippen molar-refractivity contribution >= 4 is 6.08 Å². The molecule has 0 amide bonds. The van der Waals surface area contributed by atoms with Crippen molar-refractivity contribution in [3.63, 3.8) is 0 Å². The maximum atomic E-state index is 4.35. The summed E-state index contributed by atoms with van der Waals surface area (Å²) in [5, 5.41) is 0. The van der Waals surface area contributed by atoms with E-state index in [9.17, 15) is 0 Å². The number of rotatable bonds is 4. The first-order chi connectivity index (χ1) is 19.9. The van der Waals surface area contributed by atoms with E-state index in [1.54, 1.807) is 18.2 Å². The van der Waals surface area contributed by atoms with Gasteiger partial charge in [0.05, 0.1) is 0 Å². The van der Waals surface area contributed by atoms with Gasteiger partial charge in [-0.2, -0.15) is 0 Å². The molecular formula is C40H59N. The van der Waals surface area contributed by atoms with Gasteiger partial charge in [0.15, 0.2) is 0 Å². The van der Waals surface area contributed by atoms with E-state index in [1.807, 2.05) is 53.7 Å². The molecule has 0 unspecified atom stereocenters. The number of aryl methyl sites for hydroxylation is 3. The fraction of sp³-hybridized carbons (Fsp3) is 0.325. The van der Waals surface area contributed by atoms with Crippen molar-refractivity contribution in [2.24, 2.45) is 0 Å². The number of nitrogens with zero attached hydrogens (tertiary/aromatic N) is 1. The highest BCUT2D eigenvalue weighted by Crippen LogP contribution is 2.19. The molecule has 1 nitrogen and oxygen atoms in total. The Bertz CT molecular complexity index is 1060. The highest BCUT2D eigenvalue weighted by Gasteiger charge is 2.00. The SMILES string of the molecule is C1=Cc2ccccc2C1.C=C/C=C\C1=CCCC=C1C.C=CC.C=CC=C.CC.CC.CCc1cc(C)cc(C)n1. The van der Waals surface area contributed by atoms with E-state index in [2.05, 4.69) is 119 Å². The van der Waals surface area contributed by atoms with E-state index in [-0.39, 0.29) is 0 Å². The van der Waals surface area contributed by atoms with Gasteiger partial charge in [-0.15, -0.1) is 6.58 Å². The number of aromatic nitrogens is 1. The standard InChI is InChI=1S/C11H14.C9H13N.C9H8.C4H6.C3H6.2C2H6/c1-3-4-8-11-9-6-5-7-10(11)2;1-4-9-6-7(2)5-8(3)10-9;1-2-5-9-7-3-6-8(9)4-1;1-3-4-2;1-3-2;2*1-2/h3-4,7-9H,1,5-6H2,2H3;5-6H,4H2,1-3H3;1-6H,7H2;3-4H,1-2H2;3H,1H2,2H3;2*1-2H3/b8-4-;;;;;;. The quantitative estimate of drug-likeness (QED) is 0.271. The van der Waals surface area contributed by atoms with Crippen LogP contribution in [-0.4, -0.2) is 4.98 Å². The number of hydrogen-bond donors (Lipinski definition) is 0.